The molecular weight excluding hydrogens is 256 g/mol. The number of imidazole rings is 1. The van der Waals surface area contributed by atoms with Crippen LogP contribution in [-0.4, -0.2) is 25.6 Å². The van der Waals surface area contributed by atoms with E-state index in [1.54, 1.807) is 35.8 Å². The number of nitrogens with two attached hydrogens (primary N) is 1. The highest BCUT2D eigenvalue weighted by molar-refractivity contribution is 6.01. The summed E-state index contributed by atoms with van der Waals surface area (Å²) in [5, 5.41) is 9.21. The van der Waals surface area contributed by atoms with Gasteiger partial charge in [-0.15, -0.1) is 0 Å². The highest BCUT2D eigenvalue weighted by Crippen LogP contribution is 2.23. The number of hydrogen-bond donors (Lipinski definition) is 2. The summed E-state index contributed by atoms with van der Waals surface area (Å²) in [4.78, 5) is 19.8. The Morgan fingerprint density at radius 2 is 1.95 bits per heavy atom. The van der Waals surface area contributed by atoms with Crippen LogP contribution in [0, 0.1) is 6.92 Å². The number of nitrogens with zero attached hydrogens (tertiary/aromatic N) is 3. The van der Waals surface area contributed by atoms with Gasteiger partial charge in [0.2, 0.25) is 0 Å². The highest BCUT2D eigenvalue weighted by Gasteiger charge is 2.16. The molecule has 0 radical (unpaired) electrons. The van der Waals surface area contributed by atoms with Gasteiger partial charge in [-0.1, -0.05) is 12.1 Å². The van der Waals surface area contributed by atoms with Crippen LogP contribution in [0.1, 0.15) is 16.2 Å². The van der Waals surface area contributed by atoms with E-state index in [0.717, 1.165) is 0 Å². The van der Waals surface area contributed by atoms with Crippen LogP contribution in [0.15, 0.2) is 36.4 Å². The number of benzene rings is 1. The van der Waals surface area contributed by atoms with Crippen LogP contribution in [0.4, 0.5) is 5.82 Å². The number of pyridine rings is 1. The zero-order valence-electron chi connectivity index (χ0n) is 10.7. The fraction of sp³-hybridized carbons (Fsp3) is 0.0714. The maximum Gasteiger partial charge on any atom is 0.337 e. The lowest BCUT2D eigenvalue weighted by Gasteiger charge is -2.06. The lowest BCUT2D eigenvalue weighted by molar-refractivity contribution is 0.0699. The fourth-order valence-corrected chi connectivity index (χ4v) is 2.24. The molecule has 0 aliphatic heterocycles. The Morgan fingerprint density at radius 3 is 2.65 bits per heavy atom. The summed E-state index contributed by atoms with van der Waals surface area (Å²) < 4.78 is 1.79. The van der Waals surface area contributed by atoms with Gasteiger partial charge in [-0.3, -0.25) is 4.57 Å². The monoisotopic (exact) mass is 268 g/mol. The normalized spacial score (nSPS) is 10.8. The second kappa shape index (κ2) is 4.34. The van der Waals surface area contributed by atoms with E-state index in [4.69, 9.17) is 5.73 Å². The van der Waals surface area contributed by atoms with Crippen molar-refractivity contribution in [2.45, 2.75) is 6.92 Å². The van der Waals surface area contributed by atoms with E-state index in [-0.39, 0.29) is 5.56 Å². The third-order valence-corrected chi connectivity index (χ3v) is 3.07. The van der Waals surface area contributed by atoms with Gasteiger partial charge in [0.15, 0.2) is 0 Å². The summed E-state index contributed by atoms with van der Waals surface area (Å²) in [5.41, 5.74) is 7.01. The second-order valence-electron chi connectivity index (χ2n) is 4.39. The van der Waals surface area contributed by atoms with Crippen molar-refractivity contribution in [1.29, 1.82) is 0 Å². The predicted molar refractivity (Wildman–Crippen MR) is 75.0 cm³/mol. The van der Waals surface area contributed by atoms with Crippen LogP contribution in [0.25, 0.3) is 16.9 Å². The van der Waals surface area contributed by atoms with Crippen molar-refractivity contribution >= 4 is 22.8 Å². The number of anilines is 1. The minimum absolute atomic E-state index is 0.174. The number of nitrogen functional groups attached to an aromatic ring is 1. The molecule has 0 bridgehead atoms. The van der Waals surface area contributed by atoms with Gasteiger partial charge in [-0.05, 0) is 31.2 Å². The van der Waals surface area contributed by atoms with Gasteiger partial charge in [-0.25, -0.2) is 14.8 Å². The van der Waals surface area contributed by atoms with E-state index >= 15 is 0 Å². The number of aromatic nitrogens is 3. The maximum atomic E-state index is 11.2. The standard InChI is InChI=1S/C14H12N4O2/c1-8-16-13-9(14(19)20)4-2-5-10(13)18(8)12-7-3-6-11(15)17-12/h2-7H,1H3,(H2,15,17)(H,19,20). The smallest absolute Gasteiger partial charge is 0.337 e. The van der Waals surface area contributed by atoms with E-state index in [2.05, 4.69) is 9.97 Å². The lowest BCUT2D eigenvalue weighted by Crippen LogP contribution is -2.02. The summed E-state index contributed by atoms with van der Waals surface area (Å²) in [7, 11) is 0. The van der Waals surface area contributed by atoms with Crippen LogP contribution in [-0.2, 0) is 0 Å². The van der Waals surface area contributed by atoms with Gasteiger partial charge in [0.25, 0.3) is 0 Å². The number of carboxylic acid groups (broad SMARTS) is 1. The van der Waals surface area contributed by atoms with Crippen LogP contribution in [0.2, 0.25) is 0 Å². The maximum absolute atomic E-state index is 11.2. The Balaban J connectivity index is 2.35. The van der Waals surface area contributed by atoms with Crippen LogP contribution in [0.3, 0.4) is 0 Å². The first-order valence-corrected chi connectivity index (χ1v) is 6.02. The molecule has 0 amide bonds. The molecule has 0 aliphatic rings. The number of carboxylic acids is 1. The Labute approximate surface area is 114 Å². The van der Waals surface area contributed by atoms with Gasteiger partial charge in [0.1, 0.15) is 23.0 Å². The first-order chi connectivity index (χ1) is 9.58. The number of fused-ring (bicyclic) bond motifs is 1. The summed E-state index contributed by atoms with van der Waals surface area (Å²) in [6.07, 6.45) is 0. The molecule has 0 saturated carbocycles. The molecule has 3 N–H and O–H groups in total. The Morgan fingerprint density at radius 1 is 1.20 bits per heavy atom. The van der Waals surface area contributed by atoms with Crippen LogP contribution < -0.4 is 5.73 Å². The summed E-state index contributed by atoms with van der Waals surface area (Å²) in [6, 6.07) is 10.3. The lowest BCUT2D eigenvalue weighted by atomic mass is 10.2. The average Bonchev–Trinajstić information content (AvgIpc) is 2.74. The SMILES string of the molecule is Cc1nc2c(C(=O)O)cccc2n1-c1cccc(N)n1. The first-order valence-electron chi connectivity index (χ1n) is 6.02. The topological polar surface area (TPSA) is 94.0 Å². The molecular formula is C14H12N4O2. The summed E-state index contributed by atoms with van der Waals surface area (Å²) in [5.74, 6) is 0.679. The zero-order chi connectivity index (χ0) is 14.3. The van der Waals surface area contributed by atoms with Gasteiger partial charge < -0.3 is 10.8 Å². The number of aromatic carboxylic acids is 1. The van der Waals surface area contributed by atoms with Crippen LogP contribution >= 0.6 is 0 Å². The molecule has 20 heavy (non-hydrogen) atoms. The van der Waals surface area contributed by atoms with Gasteiger partial charge in [0, 0.05) is 0 Å². The van der Waals surface area contributed by atoms with Crippen molar-refractivity contribution < 1.29 is 9.90 Å². The molecule has 2 heterocycles. The van der Waals surface area contributed by atoms with Gasteiger partial charge in [-0.2, -0.15) is 0 Å². The molecule has 6 nitrogen and oxygen atoms in total. The van der Waals surface area contributed by atoms with E-state index in [0.29, 0.717) is 28.5 Å². The van der Waals surface area contributed by atoms with Crippen molar-refractivity contribution in [2.24, 2.45) is 0 Å². The molecule has 1 aromatic carbocycles. The fourth-order valence-electron chi connectivity index (χ4n) is 2.24. The molecule has 0 unspecified atom stereocenters. The van der Waals surface area contributed by atoms with E-state index < -0.39 is 5.97 Å². The van der Waals surface area contributed by atoms with E-state index in [1.807, 2.05) is 6.07 Å². The van der Waals surface area contributed by atoms with E-state index in [1.165, 1.54) is 6.07 Å². The third kappa shape index (κ3) is 1.78. The quantitative estimate of drug-likeness (QED) is 0.741. The molecule has 2 aromatic heterocycles. The predicted octanol–water partition coefficient (Wildman–Crippen LogP) is 2.01. The van der Waals surface area contributed by atoms with Gasteiger partial charge >= 0.3 is 5.97 Å². The van der Waals surface area contributed by atoms with Crippen molar-refractivity contribution in [1.82, 2.24) is 14.5 Å². The molecule has 3 aromatic rings. The average molecular weight is 268 g/mol. The van der Waals surface area contributed by atoms with Crippen molar-refractivity contribution in [3.63, 3.8) is 0 Å². The number of rotatable bonds is 2. The van der Waals surface area contributed by atoms with E-state index in [9.17, 15) is 9.90 Å². The number of carbonyl (C=O) groups is 1. The van der Waals surface area contributed by atoms with Gasteiger partial charge in [0.05, 0.1) is 11.1 Å². The van der Waals surface area contributed by atoms with Crippen molar-refractivity contribution in [3.8, 4) is 5.82 Å². The molecule has 6 heteroatoms. The molecule has 0 fully saturated rings. The Kier molecular flexibility index (Phi) is 2.64. The zero-order valence-corrected chi connectivity index (χ0v) is 10.7. The van der Waals surface area contributed by atoms with Crippen LogP contribution in [0.5, 0.6) is 0 Å². The molecule has 0 spiro atoms. The Bertz CT molecular complexity index is 823. The minimum atomic E-state index is -0.999. The minimum Gasteiger partial charge on any atom is -0.478 e. The number of aryl methyl sites for hydroxylation is 1. The largest absolute Gasteiger partial charge is 0.478 e. The van der Waals surface area contributed by atoms with Crippen molar-refractivity contribution in [3.05, 3.63) is 47.8 Å². The molecule has 0 atom stereocenters. The third-order valence-electron chi connectivity index (χ3n) is 3.07. The molecule has 0 aliphatic carbocycles. The molecule has 100 valence electrons. The summed E-state index contributed by atoms with van der Waals surface area (Å²) >= 11 is 0. The number of para-hydroxylation sites is 1. The second-order valence-corrected chi connectivity index (χ2v) is 4.39. The summed E-state index contributed by atoms with van der Waals surface area (Å²) in [6.45, 7) is 1.80. The van der Waals surface area contributed by atoms with Crippen molar-refractivity contribution in [2.75, 3.05) is 5.73 Å². The first kappa shape index (κ1) is 12.2. The number of hydrogen-bond acceptors (Lipinski definition) is 4. The molecule has 0 saturated heterocycles. The highest BCUT2D eigenvalue weighted by atomic mass is 16.4. The Hall–Kier alpha value is -2.89. The molecule has 3 rings (SSSR count).